The van der Waals surface area contributed by atoms with E-state index in [-0.39, 0.29) is 42.5 Å². The minimum absolute atomic E-state index is 0. The van der Waals surface area contributed by atoms with E-state index in [4.69, 9.17) is 5.73 Å². The average Bonchev–Trinajstić information content (AvgIpc) is 2.90. The summed E-state index contributed by atoms with van der Waals surface area (Å²) in [6.07, 6.45) is 0.248. The van der Waals surface area contributed by atoms with E-state index in [2.05, 4.69) is 5.32 Å². The number of benzene rings is 1. The van der Waals surface area contributed by atoms with E-state index >= 15 is 0 Å². The summed E-state index contributed by atoms with van der Waals surface area (Å²) < 4.78 is 0. The van der Waals surface area contributed by atoms with Crippen LogP contribution < -0.4 is 16.0 Å². The Morgan fingerprint density at radius 3 is 2.46 bits per heavy atom. The summed E-state index contributed by atoms with van der Waals surface area (Å²) in [5, 5.41) is 3.04. The molecule has 0 bridgehead atoms. The van der Waals surface area contributed by atoms with Crippen molar-refractivity contribution in [1.82, 2.24) is 5.32 Å². The molecule has 1 aliphatic heterocycles. The van der Waals surface area contributed by atoms with Gasteiger partial charge in [-0.3, -0.25) is 9.59 Å². The van der Waals surface area contributed by atoms with E-state index in [1.165, 1.54) is 0 Å². The van der Waals surface area contributed by atoms with Crippen molar-refractivity contribution in [2.24, 2.45) is 17.6 Å². The first-order valence-electron chi connectivity index (χ1n) is 8.16. The standard InChI is InChI=1S/C18H27N3O2.ClH/c1-12(2)18(4,11-19)20-17(23)14-9-16(22)21(10-14)15-7-5-13(3)6-8-15;/h5-8,12,14H,9-11,19H2,1-4H3,(H,20,23);1H. The first-order valence-corrected chi connectivity index (χ1v) is 8.16. The second kappa shape index (κ2) is 7.99. The molecule has 5 nitrogen and oxygen atoms in total. The van der Waals surface area contributed by atoms with Gasteiger partial charge in [0, 0.05) is 25.2 Å². The van der Waals surface area contributed by atoms with Crippen molar-refractivity contribution in [3.05, 3.63) is 29.8 Å². The van der Waals surface area contributed by atoms with E-state index in [1.54, 1.807) is 4.90 Å². The van der Waals surface area contributed by atoms with Crippen LogP contribution in [0.4, 0.5) is 5.69 Å². The van der Waals surface area contributed by atoms with Gasteiger partial charge >= 0.3 is 0 Å². The Hall–Kier alpha value is -1.59. The average molecular weight is 354 g/mol. The molecule has 1 aromatic rings. The highest BCUT2D eigenvalue weighted by Crippen LogP contribution is 2.26. The normalized spacial score (nSPS) is 19.8. The molecular weight excluding hydrogens is 326 g/mol. The summed E-state index contributed by atoms with van der Waals surface area (Å²) in [6, 6.07) is 7.79. The number of carbonyl (C=O) groups is 2. The number of anilines is 1. The molecule has 1 aliphatic rings. The SMILES string of the molecule is Cc1ccc(N2CC(C(=O)NC(C)(CN)C(C)C)CC2=O)cc1.Cl. The van der Waals surface area contributed by atoms with E-state index in [0.717, 1.165) is 11.3 Å². The summed E-state index contributed by atoms with van der Waals surface area (Å²) in [5.74, 6) is -0.196. The van der Waals surface area contributed by atoms with E-state index in [0.29, 0.717) is 13.1 Å². The van der Waals surface area contributed by atoms with Crippen molar-refractivity contribution in [3.63, 3.8) is 0 Å². The lowest BCUT2D eigenvalue weighted by Crippen LogP contribution is -2.56. The third-order valence-corrected chi connectivity index (χ3v) is 4.95. The lowest BCUT2D eigenvalue weighted by Gasteiger charge is -2.34. The molecule has 24 heavy (non-hydrogen) atoms. The number of rotatable bonds is 5. The summed E-state index contributed by atoms with van der Waals surface area (Å²) in [5.41, 5.74) is 7.37. The maximum absolute atomic E-state index is 12.6. The lowest BCUT2D eigenvalue weighted by atomic mass is 9.87. The lowest BCUT2D eigenvalue weighted by molar-refractivity contribution is -0.128. The van der Waals surface area contributed by atoms with Crippen molar-refractivity contribution in [2.45, 2.75) is 39.7 Å². The highest BCUT2D eigenvalue weighted by Gasteiger charge is 2.38. The Bertz CT molecular complexity index is 588. The van der Waals surface area contributed by atoms with Crippen LogP contribution >= 0.6 is 12.4 Å². The summed E-state index contributed by atoms with van der Waals surface area (Å²) in [6.45, 7) is 8.82. The van der Waals surface area contributed by atoms with Gasteiger partial charge < -0.3 is 16.0 Å². The fourth-order valence-corrected chi connectivity index (χ4v) is 2.67. The number of aryl methyl sites for hydroxylation is 1. The van der Waals surface area contributed by atoms with Gasteiger partial charge in [-0.15, -0.1) is 12.4 Å². The third kappa shape index (κ3) is 4.28. The number of hydrogen-bond acceptors (Lipinski definition) is 3. The van der Waals surface area contributed by atoms with Crippen molar-refractivity contribution < 1.29 is 9.59 Å². The minimum Gasteiger partial charge on any atom is -0.349 e. The minimum atomic E-state index is -0.447. The Labute approximate surface area is 150 Å². The number of nitrogens with zero attached hydrogens (tertiary/aromatic N) is 1. The van der Waals surface area contributed by atoms with Crippen LogP contribution in [0, 0.1) is 18.8 Å². The number of nitrogens with two attached hydrogens (primary N) is 1. The smallest absolute Gasteiger partial charge is 0.227 e. The summed E-state index contributed by atoms with van der Waals surface area (Å²) >= 11 is 0. The number of hydrogen-bond donors (Lipinski definition) is 2. The largest absolute Gasteiger partial charge is 0.349 e. The zero-order chi connectivity index (χ0) is 17.2. The Balaban J connectivity index is 0.00000288. The molecule has 1 aromatic carbocycles. The first kappa shape index (κ1) is 20.5. The quantitative estimate of drug-likeness (QED) is 0.852. The molecule has 0 saturated carbocycles. The maximum Gasteiger partial charge on any atom is 0.227 e. The first-order chi connectivity index (χ1) is 10.8. The van der Waals surface area contributed by atoms with Gasteiger partial charge in [0.15, 0.2) is 0 Å². The van der Waals surface area contributed by atoms with E-state index in [9.17, 15) is 9.59 Å². The monoisotopic (exact) mass is 353 g/mol. The molecule has 2 rings (SSSR count). The fraction of sp³-hybridized carbons (Fsp3) is 0.556. The molecule has 1 heterocycles. The molecule has 2 amide bonds. The van der Waals surface area contributed by atoms with Gasteiger partial charge in [0.05, 0.1) is 11.5 Å². The van der Waals surface area contributed by atoms with Crippen molar-refractivity contribution in [2.75, 3.05) is 18.0 Å². The van der Waals surface area contributed by atoms with Gasteiger partial charge in [-0.05, 0) is 31.9 Å². The third-order valence-electron chi connectivity index (χ3n) is 4.95. The van der Waals surface area contributed by atoms with Crippen LogP contribution in [0.15, 0.2) is 24.3 Å². The summed E-state index contributed by atoms with van der Waals surface area (Å²) in [4.78, 5) is 26.5. The van der Waals surface area contributed by atoms with Crippen LogP contribution in [0.5, 0.6) is 0 Å². The Morgan fingerprint density at radius 2 is 1.96 bits per heavy atom. The Kier molecular flexibility index (Phi) is 6.81. The molecule has 2 unspecified atom stereocenters. The van der Waals surface area contributed by atoms with E-state index < -0.39 is 5.54 Å². The molecular formula is C18H28ClN3O2. The number of carbonyl (C=O) groups excluding carboxylic acids is 2. The van der Waals surface area contributed by atoms with Crippen LogP contribution in [0.25, 0.3) is 0 Å². The molecule has 134 valence electrons. The second-order valence-electron chi connectivity index (χ2n) is 7.01. The van der Waals surface area contributed by atoms with Gasteiger partial charge in [-0.25, -0.2) is 0 Å². The molecule has 3 N–H and O–H groups in total. The van der Waals surface area contributed by atoms with Crippen molar-refractivity contribution in [1.29, 1.82) is 0 Å². The zero-order valence-corrected chi connectivity index (χ0v) is 15.7. The second-order valence-corrected chi connectivity index (χ2v) is 7.01. The predicted molar refractivity (Wildman–Crippen MR) is 99.3 cm³/mol. The highest BCUT2D eigenvalue weighted by atomic mass is 35.5. The molecule has 1 saturated heterocycles. The molecule has 0 spiro atoms. The zero-order valence-electron chi connectivity index (χ0n) is 14.8. The fourth-order valence-electron chi connectivity index (χ4n) is 2.67. The molecule has 0 aromatic heterocycles. The number of amides is 2. The number of nitrogens with one attached hydrogen (secondary N) is 1. The van der Waals surface area contributed by atoms with Gasteiger partial charge in [0.25, 0.3) is 0 Å². The summed E-state index contributed by atoms with van der Waals surface area (Å²) in [7, 11) is 0. The molecule has 1 fully saturated rings. The van der Waals surface area contributed by atoms with Gasteiger partial charge in [0.2, 0.25) is 11.8 Å². The Morgan fingerprint density at radius 1 is 1.38 bits per heavy atom. The van der Waals surface area contributed by atoms with Gasteiger partial charge in [-0.1, -0.05) is 31.5 Å². The van der Waals surface area contributed by atoms with Crippen LogP contribution in [-0.2, 0) is 9.59 Å². The van der Waals surface area contributed by atoms with Gasteiger partial charge in [-0.2, -0.15) is 0 Å². The number of halogens is 1. The highest BCUT2D eigenvalue weighted by molar-refractivity contribution is 6.00. The molecule has 0 radical (unpaired) electrons. The van der Waals surface area contributed by atoms with Crippen molar-refractivity contribution >= 4 is 29.9 Å². The van der Waals surface area contributed by atoms with Crippen LogP contribution in [0.1, 0.15) is 32.8 Å². The van der Waals surface area contributed by atoms with Crippen LogP contribution in [-0.4, -0.2) is 30.4 Å². The molecule has 6 heteroatoms. The predicted octanol–water partition coefficient (Wildman–Crippen LogP) is 2.26. The molecule has 0 aliphatic carbocycles. The van der Waals surface area contributed by atoms with Gasteiger partial charge in [0.1, 0.15) is 0 Å². The van der Waals surface area contributed by atoms with Crippen molar-refractivity contribution in [3.8, 4) is 0 Å². The van der Waals surface area contributed by atoms with E-state index in [1.807, 2.05) is 52.0 Å². The maximum atomic E-state index is 12.6. The topological polar surface area (TPSA) is 75.4 Å². The molecule has 2 atom stereocenters. The van der Waals surface area contributed by atoms with Crippen LogP contribution in [0.3, 0.4) is 0 Å². The van der Waals surface area contributed by atoms with Crippen LogP contribution in [0.2, 0.25) is 0 Å².